The van der Waals surface area contributed by atoms with E-state index in [1.807, 2.05) is 20.9 Å². The number of thioether (sulfide) groups is 1. The van der Waals surface area contributed by atoms with Crippen LogP contribution in [0.4, 0.5) is 0 Å². The van der Waals surface area contributed by atoms with Crippen molar-refractivity contribution in [2.45, 2.75) is 50.9 Å². The maximum absolute atomic E-state index is 10.3. The second-order valence-electron chi connectivity index (χ2n) is 5.18. The summed E-state index contributed by atoms with van der Waals surface area (Å²) in [5, 5.41) is 14.4. The van der Waals surface area contributed by atoms with Gasteiger partial charge < -0.3 is 15.3 Å². The molecule has 0 aromatic heterocycles. The fourth-order valence-electron chi connectivity index (χ4n) is 2.23. The van der Waals surface area contributed by atoms with Gasteiger partial charge in [-0.1, -0.05) is 20.8 Å². The van der Waals surface area contributed by atoms with Gasteiger partial charge >= 0.3 is 0 Å². The van der Waals surface area contributed by atoms with Gasteiger partial charge in [0.05, 0.1) is 5.60 Å². The van der Waals surface area contributed by atoms with Gasteiger partial charge in [-0.05, 0) is 19.3 Å². The number of nitrogens with one attached hydrogen (secondary N) is 1. The van der Waals surface area contributed by atoms with Gasteiger partial charge in [-0.3, -0.25) is 4.99 Å². The minimum Gasteiger partial charge on any atom is -0.388 e. The molecule has 20 heavy (non-hydrogen) atoms. The normalized spacial score (nSPS) is 20.6. The predicted molar refractivity (Wildman–Crippen MR) is 100 cm³/mol. The first-order valence-electron chi connectivity index (χ1n) is 7.38. The molecule has 0 bridgehead atoms. The van der Waals surface area contributed by atoms with Crippen LogP contribution in [0, 0.1) is 0 Å². The lowest BCUT2D eigenvalue weighted by molar-refractivity contribution is 0.0362. The highest BCUT2D eigenvalue weighted by atomic mass is 127. The first-order valence-corrected chi connectivity index (χ1v) is 8.43. The Hall–Kier alpha value is 0.310. The van der Waals surface area contributed by atoms with E-state index in [0.717, 1.165) is 37.6 Å². The summed E-state index contributed by atoms with van der Waals surface area (Å²) in [7, 11) is 1.82. The van der Waals surface area contributed by atoms with Gasteiger partial charge in [0.15, 0.2) is 5.96 Å². The Morgan fingerprint density at radius 3 is 2.55 bits per heavy atom. The number of rotatable bonds is 5. The summed E-state index contributed by atoms with van der Waals surface area (Å²) in [6.07, 6.45) is 2.73. The molecule has 1 unspecified atom stereocenters. The Morgan fingerprint density at radius 2 is 2.05 bits per heavy atom. The molecule has 1 heterocycles. The third kappa shape index (κ3) is 5.97. The van der Waals surface area contributed by atoms with Crippen molar-refractivity contribution in [3.63, 3.8) is 0 Å². The summed E-state index contributed by atoms with van der Waals surface area (Å²) in [5.41, 5.74) is -0.620. The molecule has 120 valence electrons. The maximum atomic E-state index is 10.3. The summed E-state index contributed by atoms with van der Waals surface area (Å²) in [4.78, 5) is 6.68. The third-order valence-corrected chi connectivity index (χ3v) is 5.37. The number of guanidine groups is 1. The van der Waals surface area contributed by atoms with Crippen molar-refractivity contribution in [1.82, 2.24) is 10.2 Å². The van der Waals surface area contributed by atoms with Gasteiger partial charge in [-0.15, -0.1) is 24.0 Å². The molecule has 6 heteroatoms. The van der Waals surface area contributed by atoms with Crippen LogP contribution in [0.15, 0.2) is 4.99 Å². The molecule has 1 saturated heterocycles. The van der Waals surface area contributed by atoms with Crippen LogP contribution in [0.2, 0.25) is 0 Å². The monoisotopic (exact) mass is 415 g/mol. The fourth-order valence-corrected chi connectivity index (χ4v) is 3.41. The molecule has 0 saturated carbocycles. The van der Waals surface area contributed by atoms with Crippen molar-refractivity contribution < 1.29 is 5.11 Å². The van der Waals surface area contributed by atoms with Crippen molar-refractivity contribution in [3.8, 4) is 0 Å². The highest BCUT2D eigenvalue weighted by molar-refractivity contribution is 14.0. The van der Waals surface area contributed by atoms with Crippen LogP contribution in [0.3, 0.4) is 0 Å². The van der Waals surface area contributed by atoms with Gasteiger partial charge in [-0.2, -0.15) is 11.8 Å². The second-order valence-corrected chi connectivity index (χ2v) is 6.59. The zero-order valence-electron chi connectivity index (χ0n) is 13.2. The zero-order chi connectivity index (χ0) is 14.3. The van der Waals surface area contributed by atoms with E-state index in [1.54, 1.807) is 0 Å². The Bertz CT molecular complexity index is 298. The molecule has 1 aliphatic rings. The van der Waals surface area contributed by atoms with Gasteiger partial charge in [0.25, 0.3) is 0 Å². The van der Waals surface area contributed by atoms with E-state index in [2.05, 4.69) is 33.9 Å². The number of aliphatic imine (C=N–C) groups is 1. The van der Waals surface area contributed by atoms with Crippen LogP contribution < -0.4 is 5.32 Å². The molecule has 1 atom stereocenters. The summed E-state index contributed by atoms with van der Waals surface area (Å²) in [5.74, 6) is 2.09. The third-order valence-electron chi connectivity index (χ3n) is 4.00. The van der Waals surface area contributed by atoms with Crippen LogP contribution in [0.25, 0.3) is 0 Å². The van der Waals surface area contributed by atoms with Gasteiger partial charge in [0.2, 0.25) is 0 Å². The predicted octanol–water partition coefficient (Wildman–Crippen LogP) is 2.56. The Labute approximate surface area is 145 Å². The lowest BCUT2D eigenvalue weighted by Gasteiger charge is -2.35. The van der Waals surface area contributed by atoms with E-state index < -0.39 is 5.60 Å². The molecule has 1 aliphatic heterocycles. The van der Waals surface area contributed by atoms with Gasteiger partial charge in [0, 0.05) is 37.7 Å². The van der Waals surface area contributed by atoms with Crippen molar-refractivity contribution in [2.75, 3.05) is 32.4 Å². The SMILES string of the molecule is CCC1CN(C(=NC)NCC(O)(CC)CC)CCS1.I. The van der Waals surface area contributed by atoms with E-state index in [4.69, 9.17) is 0 Å². The lowest BCUT2D eigenvalue weighted by atomic mass is 9.98. The minimum atomic E-state index is -0.620. The molecular formula is C14H30IN3OS. The highest BCUT2D eigenvalue weighted by Crippen LogP contribution is 2.21. The van der Waals surface area contributed by atoms with Crippen LogP contribution in [-0.2, 0) is 0 Å². The van der Waals surface area contributed by atoms with E-state index in [-0.39, 0.29) is 24.0 Å². The van der Waals surface area contributed by atoms with E-state index in [0.29, 0.717) is 11.8 Å². The molecule has 1 rings (SSSR count). The summed E-state index contributed by atoms with van der Waals surface area (Å²) < 4.78 is 0. The summed E-state index contributed by atoms with van der Waals surface area (Å²) >= 11 is 2.05. The summed E-state index contributed by atoms with van der Waals surface area (Å²) in [6.45, 7) is 8.96. The molecule has 0 aromatic rings. The van der Waals surface area contributed by atoms with Gasteiger partial charge in [0.1, 0.15) is 0 Å². The molecular weight excluding hydrogens is 385 g/mol. The summed E-state index contributed by atoms with van der Waals surface area (Å²) in [6, 6.07) is 0. The van der Waals surface area contributed by atoms with E-state index in [9.17, 15) is 5.11 Å². The van der Waals surface area contributed by atoms with Crippen LogP contribution >= 0.6 is 35.7 Å². The Morgan fingerprint density at radius 1 is 1.40 bits per heavy atom. The smallest absolute Gasteiger partial charge is 0.193 e. The van der Waals surface area contributed by atoms with Crippen LogP contribution in [0.1, 0.15) is 40.0 Å². The fraction of sp³-hybridized carbons (Fsp3) is 0.929. The molecule has 1 fully saturated rings. The molecule has 2 N–H and O–H groups in total. The number of nitrogens with zero attached hydrogens (tertiary/aromatic N) is 2. The van der Waals surface area contributed by atoms with E-state index in [1.165, 1.54) is 6.42 Å². The molecule has 0 aliphatic carbocycles. The average Bonchev–Trinajstić information content (AvgIpc) is 2.47. The van der Waals surface area contributed by atoms with Crippen molar-refractivity contribution >= 4 is 41.7 Å². The van der Waals surface area contributed by atoms with E-state index >= 15 is 0 Å². The van der Waals surface area contributed by atoms with Crippen molar-refractivity contribution in [1.29, 1.82) is 0 Å². The first kappa shape index (κ1) is 20.3. The largest absolute Gasteiger partial charge is 0.388 e. The number of halogens is 1. The standard InChI is InChI=1S/C14H29N3OS.HI/c1-5-12-10-17(8-9-19-12)13(15-4)16-11-14(18,6-2)7-3;/h12,18H,5-11H2,1-4H3,(H,15,16);1H. The molecule has 0 amide bonds. The molecule has 0 radical (unpaired) electrons. The zero-order valence-corrected chi connectivity index (χ0v) is 16.3. The average molecular weight is 415 g/mol. The highest BCUT2D eigenvalue weighted by Gasteiger charge is 2.25. The topological polar surface area (TPSA) is 47.9 Å². The quantitative estimate of drug-likeness (QED) is 0.412. The van der Waals surface area contributed by atoms with Crippen LogP contribution in [0.5, 0.6) is 0 Å². The molecule has 0 spiro atoms. The lowest BCUT2D eigenvalue weighted by Crippen LogP contribution is -2.51. The Kier molecular flexibility index (Phi) is 10.3. The number of hydrogen-bond acceptors (Lipinski definition) is 3. The van der Waals surface area contributed by atoms with Crippen LogP contribution in [-0.4, -0.2) is 59.3 Å². The Balaban J connectivity index is 0.00000361. The number of hydrogen-bond donors (Lipinski definition) is 2. The van der Waals surface area contributed by atoms with Crippen molar-refractivity contribution in [2.24, 2.45) is 4.99 Å². The van der Waals surface area contributed by atoms with Gasteiger partial charge in [-0.25, -0.2) is 0 Å². The van der Waals surface area contributed by atoms with Crippen molar-refractivity contribution in [3.05, 3.63) is 0 Å². The maximum Gasteiger partial charge on any atom is 0.193 e. The molecule has 0 aromatic carbocycles. The second kappa shape index (κ2) is 10.1. The minimum absolute atomic E-state index is 0. The number of aliphatic hydroxyl groups is 1. The molecule has 4 nitrogen and oxygen atoms in total. The first-order chi connectivity index (χ1) is 9.08.